The molecule has 1 N–H and O–H groups in total. The summed E-state index contributed by atoms with van der Waals surface area (Å²) in [6.07, 6.45) is 0. The highest BCUT2D eigenvalue weighted by atomic mass is 16.4. The molecule has 1 heterocycles. The summed E-state index contributed by atoms with van der Waals surface area (Å²) in [5.74, 6) is -0.551. The summed E-state index contributed by atoms with van der Waals surface area (Å²) in [6.45, 7) is 1.63. The van der Waals surface area contributed by atoms with Crippen molar-refractivity contribution < 1.29 is 10.0 Å². The Balaban J connectivity index is 2.88. The Bertz CT molecular complexity index is 196. The van der Waals surface area contributed by atoms with Crippen molar-refractivity contribution in [3.05, 3.63) is 0 Å². The molecule has 1 rings (SSSR count). The molecule has 1 aliphatic rings. The molecule has 0 radical (unpaired) electrons. The number of hydrogen-bond donors (Lipinski definition) is 1. The van der Waals surface area contributed by atoms with Gasteiger partial charge in [-0.2, -0.15) is 5.11 Å². The molecule has 0 aromatic rings. The molecule has 0 bridgehead atoms. The van der Waals surface area contributed by atoms with Crippen molar-refractivity contribution in [2.45, 2.75) is 13.0 Å². The predicted octanol–water partition coefficient (Wildman–Crippen LogP) is 0.198. The molecule has 1 amide bonds. The summed E-state index contributed by atoms with van der Waals surface area (Å²) in [6, 6.07) is -0.387. The van der Waals surface area contributed by atoms with Crippen LogP contribution in [0.5, 0.6) is 0 Å². The van der Waals surface area contributed by atoms with E-state index >= 15 is 0 Å². The van der Waals surface area contributed by atoms with Crippen LogP contribution in [0.3, 0.4) is 0 Å². The van der Waals surface area contributed by atoms with Gasteiger partial charge in [0.1, 0.15) is 6.04 Å². The molecule has 0 aromatic heterocycles. The number of carbonyl (C=O) groups excluding carboxylic acids is 1. The summed E-state index contributed by atoms with van der Waals surface area (Å²) in [7, 11) is 0. The summed E-state index contributed by atoms with van der Waals surface area (Å²) in [5, 5.41) is 17.5. The van der Waals surface area contributed by atoms with Crippen LogP contribution in [-0.4, -0.2) is 22.9 Å². The quantitative estimate of drug-likeness (QED) is 0.372. The predicted molar refractivity (Wildman–Crippen MR) is 28.5 cm³/mol. The number of carbonyl (C=O) groups is 1. The van der Waals surface area contributed by atoms with Gasteiger partial charge in [0.15, 0.2) is 5.71 Å². The van der Waals surface area contributed by atoms with Crippen molar-refractivity contribution in [2.75, 3.05) is 0 Å². The SMILES string of the molecule is CC1N=NC(=O)C1=NO. The van der Waals surface area contributed by atoms with Crippen LogP contribution >= 0.6 is 0 Å². The Labute approximate surface area is 51.1 Å². The van der Waals surface area contributed by atoms with Gasteiger partial charge < -0.3 is 5.21 Å². The van der Waals surface area contributed by atoms with Crippen LogP contribution in [0.2, 0.25) is 0 Å². The molecule has 0 saturated carbocycles. The van der Waals surface area contributed by atoms with Crippen LogP contribution in [0.25, 0.3) is 0 Å². The van der Waals surface area contributed by atoms with E-state index in [1.54, 1.807) is 6.92 Å². The van der Waals surface area contributed by atoms with E-state index in [-0.39, 0.29) is 11.8 Å². The van der Waals surface area contributed by atoms with Crippen LogP contribution in [0, 0.1) is 0 Å². The Kier molecular flexibility index (Phi) is 1.26. The van der Waals surface area contributed by atoms with E-state index < -0.39 is 5.91 Å². The lowest BCUT2D eigenvalue weighted by Crippen LogP contribution is -2.16. The molecule has 0 aromatic carbocycles. The zero-order chi connectivity index (χ0) is 6.85. The topological polar surface area (TPSA) is 74.4 Å². The Hall–Kier alpha value is -1.26. The van der Waals surface area contributed by atoms with Crippen LogP contribution in [0.15, 0.2) is 15.4 Å². The van der Waals surface area contributed by atoms with Crippen LogP contribution < -0.4 is 0 Å². The highest BCUT2D eigenvalue weighted by Gasteiger charge is 2.24. The minimum Gasteiger partial charge on any atom is -0.410 e. The molecule has 0 saturated heterocycles. The molecule has 0 fully saturated rings. The van der Waals surface area contributed by atoms with E-state index in [1.165, 1.54) is 0 Å². The molecular weight excluding hydrogens is 122 g/mol. The van der Waals surface area contributed by atoms with Crippen molar-refractivity contribution in [1.82, 2.24) is 0 Å². The summed E-state index contributed by atoms with van der Waals surface area (Å²) >= 11 is 0. The van der Waals surface area contributed by atoms with Gasteiger partial charge in [-0.3, -0.25) is 4.79 Å². The van der Waals surface area contributed by atoms with Crippen molar-refractivity contribution in [3.63, 3.8) is 0 Å². The maximum absolute atomic E-state index is 10.5. The molecular formula is C4H5N3O2. The minimum absolute atomic E-state index is 0.00926. The van der Waals surface area contributed by atoms with Gasteiger partial charge in [-0.1, -0.05) is 5.16 Å². The average Bonchev–Trinajstić information content (AvgIpc) is 2.12. The lowest BCUT2D eigenvalue weighted by Gasteiger charge is -1.90. The number of amides is 1. The summed E-state index contributed by atoms with van der Waals surface area (Å²) in [5.41, 5.74) is 0.00926. The number of rotatable bonds is 0. The van der Waals surface area contributed by atoms with Crippen molar-refractivity contribution in [3.8, 4) is 0 Å². The van der Waals surface area contributed by atoms with Gasteiger partial charge in [0.05, 0.1) is 0 Å². The van der Waals surface area contributed by atoms with Gasteiger partial charge in [-0.15, -0.1) is 5.11 Å². The third kappa shape index (κ3) is 0.802. The van der Waals surface area contributed by atoms with Crippen molar-refractivity contribution in [2.24, 2.45) is 15.4 Å². The third-order valence-corrected chi connectivity index (χ3v) is 1.04. The third-order valence-electron chi connectivity index (χ3n) is 1.04. The standard InChI is InChI=1S/C4H5N3O2/c1-2-3(7-9)4(8)6-5-2/h2,9H,1H3. The summed E-state index contributed by atoms with van der Waals surface area (Å²) in [4.78, 5) is 10.5. The number of oxime groups is 1. The van der Waals surface area contributed by atoms with Gasteiger partial charge in [-0.05, 0) is 6.92 Å². The molecule has 5 heteroatoms. The second-order valence-corrected chi connectivity index (χ2v) is 1.68. The van der Waals surface area contributed by atoms with Gasteiger partial charge in [0.2, 0.25) is 0 Å². The molecule has 1 atom stereocenters. The zero-order valence-electron chi connectivity index (χ0n) is 4.77. The van der Waals surface area contributed by atoms with E-state index in [0.717, 1.165) is 0 Å². The lowest BCUT2D eigenvalue weighted by atomic mass is 10.2. The molecule has 0 aliphatic carbocycles. The van der Waals surface area contributed by atoms with E-state index in [2.05, 4.69) is 15.4 Å². The summed E-state index contributed by atoms with van der Waals surface area (Å²) < 4.78 is 0. The first-order valence-electron chi connectivity index (χ1n) is 2.43. The second kappa shape index (κ2) is 1.93. The first-order chi connectivity index (χ1) is 4.25. The van der Waals surface area contributed by atoms with Gasteiger partial charge >= 0.3 is 5.91 Å². The van der Waals surface area contributed by atoms with E-state index in [9.17, 15) is 4.79 Å². The van der Waals surface area contributed by atoms with E-state index in [0.29, 0.717) is 0 Å². The zero-order valence-corrected chi connectivity index (χ0v) is 4.77. The maximum atomic E-state index is 10.5. The average molecular weight is 127 g/mol. The monoisotopic (exact) mass is 127 g/mol. The molecule has 9 heavy (non-hydrogen) atoms. The van der Waals surface area contributed by atoms with Gasteiger partial charge in [0, 0.05) is 0 Å². The first kappa shape index (κ1) is 5.87. The first-order valence-corrected chi connectivity index (χ1v) is 2.43. The smallest absolute Gasteiger partial charge is 0.315 e. The van der Waals surface area contributed by atoms with Crippen molar-refractivity contribution >= 4 is 11.6 Å². The lowest BCUT2D eigenvalue weighted by molar-refractivity contribution is -0.111. The fourth-order valence-corrected chi connectivity index (χ4v) is 0.550. The van der Waals surface area contributed by atoms with Crippen LogP contribution in [0.4, 0.5) is 0 Å². The molecule has 0 spiro atoms. The Morgan fingerprint density at radius 2 is 2.44 bits per heavy atom. The Morgan fingerprint density at radius 3 is 2.67 bits per heavy atom. The molecule has 5 nitrogen and oxygen atoms in total. The number of hydrogen-bond acceptors (Lipinski definition) is 4. The largest absolute Gasteiger partial charge is 0.410 e. The second-order valence-electron chi connectivity index (χ2n) is 1.68. The fourth-order valence-electron chi connectivity index (χ4n) is 0.550. The van der Waals surface area contributed by atoms with Crippen LogP contribution in [-0.2, 0) is 4.79 Å². The molecule has 1 unspecified atom stereocenters. The van der Waals surface area contributed by atoms with Crippen molar-refractivity contribution in [1.29, 1.82) is 0 Å². The molecule has 48 valence electrons. The van der Waals surface area contributed by atoms with Crippen LogP contribution in [0.1, 0.15) is 6.92 Å². The maximum Gasteiger partial charge on any atom is 0.315 e. The highest BCUT2D eigenvalue weighted by molar-refractivity contribution is 6.42. The fraction of sp³-hybridized carbons (Fsp3) is 0.500. The normalized spacial score (nSPS) is 30.1. The molecule has 1 aliphatic heterocycles. The minimum atomic E-state index is -0.551. The van der Waals surface area contributed by atoms with Gasteiger partial charge in [-0.25, -0.2) is 0 Å². The van der Waals surface area contributed by atoms with E-state index in [1.807, 2.05) is 0 Å². The number of nitrogens with zero attached hydrogens (tertiary/aromatic N) is 3. The number of azo groups is 1. The van der Waals surface area contributed by atoms with E-state index in [4.69, 9.17) is 5.21 Å². The Morgan fingerprint density at radius 1 is 1.78 bits per heavy atom. The van der Waals surface area contributed by atoms with Gasteiger partial charge in [0.25, 0.3) is 0 Å². The highest BCUT2D eigenvalue weighted by Crippen LogP contribution is 2.05.